The zero-order valence-corrected chi connectivity index (χ0v) is 20.1. The van der Waals surface area contributed by atoms with Crippen molar-refractivity contribution in [2.24, 2.45) is 10.9 Å². The number of hydrogen-bond acceptors (Lipinski definition) is 2. The third kappa shape index (κ3) is 6.30. The van der Waals surface area contributed by atoms with E-state index in [1.165, 1.54) is 31.4 Å². The van der Waals surface area contributed by atoms with Gasteiger partial charge in [-0.05, 0) is 43.0 Å². The van der Waals surface area contributed by atoms with Gasteiger partial charge in [0.2, 0.25) is 5.91 Å². The Morgan fingerprint density at radius 2 is 2.04 bits per heavy atom. The molecule has 1 atom stereocenters. The van der Waals surface area contributed by atoms with Crippen LogP contribution in [-0.2, 0) is 11.3 Å². The van der Waals surface area contributed by atoms with Gasteiger partial charge >= 0.3 is 0 Å². The number of nitrogens with zero attached hydrogens (tertiary/aromatic N) is 2. The molecule has 1 saturated carbocycles. The second-order valence-corrected chi connectivity index (χ2v) is 8.26. The SMILES string of the molecule is CN=C(NCc1cc(F)ccc1Br)NC1CCN(C(=O)C2CCCCC2)C1.I. The summed E-state index contributed by atoms with van der Waals surface area (Å²) in [6.07, 6.45) is 6.62. The van der Waals surface area contributed by atoms with Crippen LogP contribution in [0.15, 0.2) is 27.7 Å². The van der Waals surface area contributed by atoms with Crippen LogP contribution in [0.25, 0.3) is 0 Å². The number of aliphatic imine (C=N–C) groups is 1. The molecule has 2 N–H and O–H groups in total. The number of benzene rings is 1. The van der Waals surface area contributed by atoms with Crippen molar-refractivity contribution in [1.82, 2.24) is 15.5 Å². The molecule has 5 nitrogen and oxygen atoms in total. The van der Waals surface area contributed by atoms with Crippen molar-refractivity contribution in [3.63, 3.8) is 0 Å². The predicted molar refractivity (Wildman–Crippen MR) is 124 cm³/mol. The quantitative estimate of drug-likeness (QED) is 0.328. The van der Waals surface area contributed by atoms with Crippen molar-refractivity contribution in [2.75, 3.05) is 20.1 Å². The maximum absolute atomic E-state index is 13.4. The molecule has 0 spiro atoms. The fraction of sp³-hybridized carbons (Fsp3) is 0.600. The molecule has 3 rings (SSSR count). The summed E-state index contributed by atoms with van der Waals surface area (Å²) in [4.78, 5) is 19.0. The summed E-state index contributed by atoms with van der Waals surface area (Å²) in [6.45, 7) is 1.99. The van der Waals surface area contributed by atoms with Crippen molar-refractivity contribution in [2.45, 2.75) is 51.1 Å². The standard InChI is InChI=1S/C20H28BrFN4O.HI/c1-23-20(24-12-15-11-16(22)7-8-18(15)21)25-17-9-10-26(13-17)19(27)14-5-3-2-4-6-14;/h7-8,11,14,17H,2-6,9-10,12-13H2,1H3,(H2,23,24,25);1H. The Balaban J connectivity index is 0.00000280. The molecule has 0 bridgehead atoms. The van der Waals surface area contributed by atoms with Gasteiger partial charge in [0.05, 0.1) is 0 Å². The fourth-order valence-corrected chi connectivity index (χ4v) is 4.32. The van der Waals surface area contributed by atoms with Gasteiger partial charge < -0.3 is 15.5 Å². The van der Waals surface area contributed by atoms with Gasteiger partial charge in [0.15, 0.2) is 5.96 Å². The van der Waals surface area contributed by atoms with Gasteiger partial charge in [0, 0.05) is 43.1 Å². The minimum atomic E-state index is -0.259. The minimum Gasteiger partial charge on any atom is -0.352 e. The Morgan fingerprint density at radius 3 is 2.75 bits per heavy atom. The first-order chi connectivity index (χ1) is 13.1. The Morgan fingerprint density at radius 1 is 1.29 bits per heavy atom. The Labute approximate surface area is 192 Å². The van der Waals surface area contributed by atoms with E-state index >= 15 is 0 Å². The maximum atomic E-state index is 13.4. The summed E-state index contributed by atoms with van der Waals surface area (Å²) in [5.74, 6) is 0.958. The topological polar surface area (TPSA) is 56.7 Å². The van der Waals surface area contributed by atoms with Gasteiger partial charge in [-0.15, -0.1) is 24.0 Å². The van der Waals surface area contributed by atoms with Gasteiger partial charge in [0.1, 0.15) is 5.82 Å². The van der Waals surface area contributed by atoms with Crippen molar-refractivity contribution in [3.05, 3.63) is 34.1 Å². The van der Waals surface area contributed by atoms with E-state index in [-0.39, 0.29) is 41.8 Å². The van der Waals surface area contributed by atoms with Crippen LogP contribution < -0.4 is 10.6 Å². The van der Waals surface area contributed by atoms with E-state index < -0.39 is 0 Å². The van der Waals surface area contributed by atoms with Crippen molar-refractivity contribution in [3.8, 4) is 0 Å². The van der Waals surface area contributed by atoms with E-state index in [0.717, 1.165) is 42.4 Å². The lowest BCUT2D eigenvalue weighted by Gasteiger charge is -2.26. The van der Waals surface area contributed by atoms with Crippen LogP contribution in [0.3, 0.4) is 0 Å². The molecule has 28 heavy (non-hydrogen) atoms. The van der Waals surface area contributed by atoms with E-state index in [4.69, 9.17) is 0 Å². The largest absolute Gasteiger partial charge is 0.352 e. The number of likely N-dealkylation sites (tertiary alicyclic amines) is 1. The highest BCUT2D eigenvalue weighted by atomic mass is 127. The average molecular weight is 567 g/mol. The van der Waals surface area contributed by atoms with Gasteiger partial charge in [-0.3, -0.25) is 9.79 Å². The van der Waals surface area contributed by atoms with Gasteiger partial charge in [0.25, 0.3) is 0 Å². The molecular formula is C20H29BrFIN4O. The van der Waals surface area contributed by atoms with Gasteiger partial charge in [-0.25, -0.2) is 4.39 Å². The Bertz CT molecular complexity index is 697. The molecule has 156 valence electrons. The summed E-state index contributed by atoms with van der Waals surface area (Å²) in [5.41, 5.74) is 0.832. The predicted octanol–water partition coefficient (Wildman–Crippen LogP) is 4.05. The van der Waals surface area contributed by atoms with Crippen molar-refractivity contribution < 1.29 is 9.18 Å². The number of amides is 1. The maximum Gasteiger partial charge on any atom is 0.225 e. The molecule has 2 aliphatic rings. The van der Waals surface area contributed by atoms with E-state index in [1.54, 1.807) is 13.1 Å². The molecule has 0 aromatic heterocycles. The van der Waals surface area contributed by atoms with Crippen LogP contribution in [0, 0.1) is 11.7 Å². The van der Waals surface area contributed by atoms with Crippen LogP contribution in [0.2, 0.25) is 0 Å². The molecule has 1 unspecified atom stereocenters. The highest BCUT2D eigenvalue weighted by Gasteiger charge is 2.31. The molecule has 1 heterocycles. The zero-order valence-electron chi connectivity index (χ0n) is 16.2. The highest BCUT2D eigenvalue weighted by molar-refractivity contribution is 14.0. The molecule has 2 fully saturated rings. The van der Waals surface area contributed by atoms with E-state index in [0.29, 0.717) is 18.4 Å². The zero-order chi connectivity index (χ0) is 19.2. The second-order valence-electron chi connectivity index (χ2n) is 7.41. The summed E-state index contributed by atoms with van der Waals surface area (Å²) < 4.78 is 14.3. The van der Waals surface area contributed by atoms with Gasteiger partial charge in [-0.1, -0.05) is 35.2 Å². The van der Waals surface area contributed by atoms with Crippen LogP contribution in [0.1, 0.15) is 44.1 Å². The molecule has 8 heteroatoms. The van der Waals surface area contributed by atoms with Crippen LogP contribution >= 0.6 is 39.9 Å². The number of nitrogens with one attached hydrogen (secondary N) is 2. The molecule has 1 aromatic rings. The number of halogens is 3. The summed E-state index contributed by atoms with van der Waals surface area (Å²) in [6, 6.07) is 4.83. The number of guanidine groups is 1. The first kappa shape index (κ1) is 23.4. The highest BCUT2D eigenvalue weighted by Crippen LogP contribution is 2.26. The first-order valence-electron chi connectivity index (χ1n) is 9.76. The smallest absolute Gasteiger partial charge is 0.225 e. The van der Waals surface area contributed by atoms with E-state index in [9.17, 15) is 9.18 Å². The molecule has 0 radical (unpaired) electrons. The lowest BCUT2D eigenvalue weighted by atomic mass is 9.88. The second kappa shape index (κ2) is 11.3. The van der Waals surface area contributed by atoms with Crippen LogP contribution in [0.4, 0.5) is 4.39 Å². The summed E-state index contributed by atoms with van der Waals surface area (Å²) in [5, 5.41) is 6.62. The van der Waals surface area contributed by atoms with Crippen molar-refractivity contribution in [1.29, 1.82) is 0 Å². The Hall–Kier alpha value is -0.900. The van der Waals surface area contributed by atoms with E-state index in [2.05, 4.69) is 31.6 Å². The molecule has 1 aromatic carbocycles. The first-order valence-corrected chi connectivity index (χ1v) is 10.6. The van der Waals surface area contributed by atoms with E-state index in [1.807, 2.05) is 4.90 Å². The summed E-state index contributed by atoms with van der Waals surface area (Å²) in [7, 11) is 1.72. The summed E-state index contributed by atoms with van der Waals surface area (Å²) >= 11 is 3.44. The molecular weight excluding hydrogens is 538 g/mol. The third-order valence-corrected chi connectivity index (χ3v) is 6.25. The number of carbonyl (C=O) groups excluding carboxylic acids is 1. The fourth-order valence-electron chi connectivity index (χ4n) is 3.93. The Kier molecular flexibility index (Phi) is 9.46. The third-order valence-electron chi connectivity index (χ3n) is 5.47. The average Bonchev–Trinajstić information content (AvgIpc) is 3.16. The van der Waals surface area contributed by atoms with Crippen LogP contribution in [-0.4, -0.2) is 42.9 Å². The molecule has 1 aliphatic carbocycles. The number of carbonyl (C=O) groups is 1. The molecule has 1 saturated heterocycles. The van der Waals surface area contributed by atoms with Crippen molar-refractivity contribution >= 4 is 51.8 Å². The lowest BCUT2D eigenvalue weighted by Crippen LogP contribution is -2.45. The lowest BCUT2D eigenvalue weighted by molar-refractivity contribution is -0.135. The number of hydrogen-bond donors (Lipinski definition) is 2. The minimum absolute atomic E-state index is 0. The normalized spacial score (nSPS) is 20.6. The molecule has 1 aliphatic heterocycles. The monoisotopic (exact) mass is 566 g/mol. The molecule has 1 amide bonds. The van der Waals surface area contributed by atoms with Gasteiger partial charge in [-0.2, -0.15) is 0 Å². The number of rotatable bonds is 4. The van der Waals surface area contributed by atoms with Crippen LogP contribution in [0.5, 0.6) is 0 Å².